The van der Waals surface area contributed by atoms with Gasteiger partial charge in [-0.1, -0.05) is 29.8 Å². The lowest BCUT2D eigenvalue weighted by atomic mass is 9.80. The van der Waals surface area contributed by atoms with E-state index in [-0.39, 0.29) is 17.9 Å². The summed E-state index contributed by atoms with van der Waals surface area (Å²) in [5.74, 6) is 0.596. The van der Waals surface area contributed by atoms with Crippen molar-refractivity contribution in [3.63, 3.8) is 0 Å². The second kappa shape index (κ2) is 8.51. The highest BCUT2D eigenvalue weighted by Gasteiger charge is 2.31. The number of aryl methyl sites for hydroxylation is 1. The summed E-state index contributed by atoms with van der Waals surface area (Å²) in [7, 11) is 0. The third-order valence-corrected chi connectivity index (χ3v) is 6.48. The van der Waals surface area contributed by atoms with Gasteiger partial charge in [-0.2, -0.15) is 0 Å². The highest BCUT2D eigenvalue weighted by Crippen LogP contribution is 2.39. The molecule has 32 heavy (non-hydrogen) atoms. The van der Waals surface area contributed by atoms with E-state index in [1.807, 2.05) is 43.3 Å². The normalized spacial score (nSPS) is 19.9. The maximum atomic E-state index is 12.9. The molecule has 5 rings (SSSR count). The van der Waals surface area contributed by atoms with E-state index in [4.69, 9.17) is 11.6 Å². The smallest absolute Gasteiger partial charge is 0.252 e. The molecular formula is C25H25ClN4O2. The average Bonchev–Trinajstić information content (AvgIpc) is 3.59. The summed E-state index contributed by atoms with van der Waals surface area (Å²) in [5.41, 5.74) is 3.78. The predicted molar refractivity (Wildman–Crippen MR) is 124 cm³/mol. The van der Waals surface area contributed by atoms with Gasteiger partial charge in [0.15, 0.2) is 0 Å². The molecule has 2 aromatic heterocycles. The standard InChI is InChI=1S/C25H25ClN4O2/c1-14-8-20(19-4-2-3-5-21(19)28-14)25(32)29-18-9-15(10-18)13-27-24(31)17-11-22(16-6-7-16)30-23(26)12-17/h2-5,8,11-12,15-16,18H,6-7,9-10,13H2,1H3,(H,27,31)(H,29,32). The van der Waals surface area contributed by atoms with Gasteiger partial charge in [0, 0.05) is 40.8 Å². The number of carbonyl (C=O) groups excluding carboxylic acids is 2. The van der Waals surface area contributed by atoms with Gasteiger partial charge in [-0.3, -0.25) is 14.6 Å². The largest absolute Gasteiger partial charge is 0.352 e. The molecule has 0 aliphatic heterocycles. The molecule has 3 aromatic rings. The van der Waals surface area contributed by atoms with Crippen LogP contribution >= 0.6 is 11.6 Å². The quantitative estimate of drug-likeness (QED) is 0.547. The van der Waals surface area contributed by atoms with Crippen LogP contribution in [0.5, 0.6) is 0 Å². The maximum Gasteiger partial charge on any atom is 0.252 e. The number of pyridine rings is 2. The first kappa shape index (κ1) is 20.9. The first-order chi connectivity index (χ1) is 15.5. The second-order valence-electron chi connectivity index (χ2n) is 8.92. The Hall–Kier alpha value is -2.99. The highest BCUT2D eigenvalue weighted by molar-refractivity contribution is 6.29. The van der Waals surface area contributed by atoms with Crippen LogP contribution < -0.4 is 10.6 Å². The zero-order valence-corrected chi connectivity index (χ0v) is 18.7. The van der Waals surface area contributed by atoms with Gasteiger partial charge in [0.1, 0.15) is 5.15 Å². The van der Waals surface area contributed by atoms with Crippen molar-refractivity contribution in [2.24, 2.45) is 5.92 Å². The molecule has 2 aliphatic rings. The summed E-state index contributed by atoms with van der Waals surface area (Å²) >= 11 is 6.10. The number of hydrogen-bond acceptors (Lipinski definition) is 4. The lowest BCUT2D eigenvalue weighted by Gasteiger charge is -2.36. The van der Waals surface area contributed by atoms with Crippen LogP contribution in [0.15, 0.2) is 42.5 Å². The molecule has 0 spiro atoms. The van der Waals surface area contributed by atoms with E-state index in [2.05, 4.69) is 20.6 Å². The summed E-state index contributed by atoms with van der Waals surface area (Å²) in [6, 6.07) is 13.1. The zero-order chi connectivity index (χ0) is 22.2. The van der Waals surface area contributed by atoms with Gasteiger partial charge in [-0.15, -0.1) is 0 Å². The van der Waals surface area contributed by atoms with Gasteiger partial charge in [-0.05, 0) is 62.8 Å². The van der Waals surface area contributed by atoms with Gasteiger partial charge in [0.25, 0.3) is 11.8 Å². The Labute approximate surface area is 191 Å². The first-order valence-electron chi connectivity index (χ1n) is 11.1. The fraction of sp³-hybridized carbons (Fsp3) is 0.360. The number of carbonyl (C=O) groups is 2. The van der Waals surface area contributed by atoms with Crippen LogP contribution in [0, 0.1) is 12.8 Å². The zero-order valence-electron chi connectivity index (χ0n) is 17.9. The van der Waals surface area contributed by atoms with Gasteiger partial charge < -0.3 is 10.6 Å². The molecule has 0 atom stereocenters. The van der Waals surface area contributed by atoms with Crippen LogP contribution in [0.1, 0.15) is 63.7 Å². The van der Waals surface area contributed by atoms with Crippen molar-refractivity contribution < 1.29 is 9.59 Å². The molecule has 1 aromatic carbocycles. The molecule has 7 heteroatoms. The van der Waals surface area contributed by atoms with Crippen molar-refractivity contribution in [1.82, 2.24) is 20.6 Å². The SMILES string of the molecule is Cc1cc(C(=O)NC2CC(CNC(=O)c3cc(Cl)nc(C4CC4)c3)C2)c2ccccc2n1. The minimum absolute atomic E-state index is 0.0711. The van der Waals surface area contributed by atoms with Crippen molar-refractivity contribution in [3.05, 3.63) is 70.1 Å². The molecule has 0 radical (unpaired) electrons. The Morgan fingerprint density at radius 3 is 2.62 bits per heavy atom. The van der Waals surface area contributed by atoms with Crippen LogP contribution in [0.2, 0.25) is 5.15 Å². The maximum absolute atomic E-state index is 12.9. The van der Waals surface area contributed by atoms with Crippen LogP contribution in [0.3, 0.4) is 0 Å². The van der Waals surface area contributed by atoms with E-state index in [0.717, 1.165) is 48.0 Å². The van der Waals surface area contributed by atoms with Crippen molar-refractivity contribution in [2.75, 3.05) is 6.54 Å². The van der Waals surface area contributed by atoms with E-state index in [9.17, 15) is 9.59 Å². The van der Waals surface area contributed by atoms with Crippen molar-refractivity contribution in [2.45, 2.75) is 44.6 Å². The Kier molecular flexibility index (Phi) is 5.55. The summed E-state index contributed by atoms with van der Waals surface area (Å²) in [5, 5.41) is 7.36. The third-order valence-electron chi connectivity index (χ3n) is 6.28. The molecule has 2 N–H and O–H groups in total. The molecule has 2 aliphatic carbocycles. The minimum atomic E-state index is -0.123. The summed E-state index contributed by atoms with van der Waals surface area (Å²) in [6.45, 7) is 2.48. The summed E-state index contributed by atoms with van der Waals surface area (Å²) in [4.78, 5) is 34.3. The molecule has 6 nitrogen and oxygen atoms in total. The molecule has 0 bridgehead atoms. The number of amides is 2. The van der Waals surface area contributed by atoms with E-state index in [1.54, 1.807) is 6.07 Å². The number of aromatic nitrogens is 2. The molecule has 2 amide bonds. The van der Waals surface area contributed by atoms with Crippen LogP contribution in [0.25, 0.3) is 10.9 Å². The topological polar surface area (TPSA) is 84.0 Å². The lowest BCUT2D eigenvalue weighted by molar-refractivity contribution is 0.0864. The Morgan fingerprint density at radius 1 is 1.06 bits per heavy atom. The number of nitrogens with one attached hydrogen (secondary N) is 2. The van der Waals surface area contributed by atoms with Gasteiger partial charge >= 0.3 is 0 Å². The van der Waals surface area contributed by atoms with E-state index in [0.29, 0.717) is 34.7 Å². The van der Waals surface area contributed by atoms with Gasteiger partial charge in [-0.25, -0.2) is 4.98 Å². The fourth-order valence-electron chi connectivity index (χ4n) is 4.35. The highest BCUT2D eigenvalue weighted by atomic mass is 35.5. The summed E-state index contributed by atoms with van der Waals surface area (Å²) in [6.07, 6.45) is 3.91. The molecule has 0 saturated heterocycles. The Morgan fingerprint density at radius 2 is 1.84 bits per heavy atom. The molecular weight excluding hydrogens is 424 g/mol. The summed E-state index contributed by atoms with van der Waals surface area (Å²) < 4.78 is 0. The number of halogens is 1. The minimum Gasteiger partial charge on any atom is -0.352 e. The van der Waals surface area contributed by atoms with Crippen LogP contribution in [-0.2, 0) is 0 Å². The molecule has 0 unspecified atom stereocenters. The second-order valence-corrected chi connectivity index (χ2v) is 9.31. The Bertz CT molecular complexity index is 1200. The number of para-hydroxylation sites is 1. The predicted octanol–water partition coefficient (Wildman–Crippen LogP) is 4.41. The van der Waals surface area contributed by atoms with E-state index >= 15 is 0 Å². The van der Waals surface area contributed by atoms with Gasteiger partial charge in [0.2, 0.25) is 0 Å². The monoisotopic (exact) mass is 448 g/mol. The van der Waals surface area contributed by atoms with E-state index < -0.39 is 0 Å². The molecule has 164 valence electrons. The third kappa shape index (κ3) is 4.46. The molecule has 2 fully saturated rings. The Balaban J connectivity index is 1.14. The van der Waals surface area contributed by atoms with Crippen LogP contribution in [-0.4, -0.2) is 34.4 Å². The number of fused-ring (bicyclic) bond motifs is 1. The number of hydrogen-bond donors (Lipinski definition) is 2. The van der Waals surface area contributed by atoms with Crippen LogP contribution in [0.4, 0.5) is 0 Å². The fourth-order valence-corrected chi connectivity index (χ4v) is 4.57. The molecule has 2 heterocycles. The van der Waals surface area contributed by atoms with Gasteiger partial charge in [0.05, 0.1) is 11.1 Å². The van der Waals surface area contributed by atoms with Crippen molar-refractivity contribution in [1.29, 1.82) is 0 Å². The number of benzene rings is 1. The molecule has 2 saturated carbocycles. The first-order valence-corrected chi connectivity index (χ1v) is 11.5. The number of nitrogens with zero attached hydrogens (tertiary/aromatic N) is 2. The van der Waals surface area contributed by atoms with E-state index in [1.165, 1.54) is 0 Å². The number of rotatable bonds is 6. The average molecular weight is 449 g/mol. The van der Waals surface area contributed by atoms with Crippen molar-refractivity contribution >= 4 is 34.3 Å². The lowest BCUT2D eigenvalue weighted by Crippen LogP contribution is -2.47. The van der Waals surface area contributed by atoms with Crippen molar-refractivity contribution in [3.8, 4) is 0 Å².